The van der Waals surface area contributed by atoms with Gasteiger partial charge >= 0.3 is 0 Å². The molecule has 11 heavy (non-hydrogen) atoms. The maximum atomic E-state index is 11.4. The van der Waals surface area contributed by atoms with Crippen LogP contribution in [0, 0.1) is 0 Å². The Labute approximate surface area is 68.4 Å². The number of ether oxygens (including phenoxy) is 1. The van der Waals surface area contributed by atoms with Crippen LogP contribution in [-0.4, -0.2) is 31.5 Å². The minimum absolute atomic E-state index is 0.157. The fourth-order valence-corrected chi connectivity index (χ4v) is 2.37. The van der Waals surface area contributed by atoms with Crippen molar-refractivity contribution in [2.45, 2.75) is 32.7 Å². The summed E-state index contributed by atoms with van der Waals surface area (Å²) in [6, 6.07) is 0. The van der Waals surface area contributed by atoms with Gasteiger partial charge in [-0.15, -0.1) is 0 Å². The van der Waals surface area contributed by atoms with Gasteiger partial charge in [0.15, 0.2) is 8.24 Å². The van der Waals surface area contributed by atoms with Crippen LogP contribution >= 0.6 is 0 Å². The van der Waals surface area contributed by atoms with Crippen molar-refractivity contribution in [2.24, 2.45) is 0 Å². The topological polar surface area (TPSA) is 29.5 Å². The van der Waals surface area contributed by atoms with Gasteiger partial charge in [-0.25, -0.2) is 0 Å². The fourth-order valence-electron chi connectivity index (χ4n) is 1.06. The van der Waals surface area contributed by atoms with Gasteiger partial charge in [0.2, 0.25) is 5.91 Å². The van der Waals surface area contributed by atoms with E-state index in [-0.39, 0.29) is 12.0 Å². The van der Waals surface area contributed by atoms with Crippen molar-refractivity contribution in [1.29, 1.82) is 0 Å². The van der Waals surface area contributed by atoms with Crippen molar-refractivity contribution >= 4 is 14.1 Å². The number of carbonyl (C=O) groups excluding carboxylic acids is 1. The summed E-state index contributed by atoms with van der Waals surface area (Å²) < 4.78 is 7.10. The second-order valence-electron chi connectivity index (χ2n) is 3.88. The Morgan fingerprint density at radius 1 is 1.55 bits per heavy atom. The van der Waals surface area contributed by atoms with Gasteiger partial charge in [0.05, 0.1) is 0 Å². The Morgan fingerprint density at radius 3 is 2.27 bits per heavy atom. The second kappa shape index (κ2) is 2.60. The Morgan fingerprint density at radius 2 is 2.09 bits per heavy atom. The van der Waals surface area contributed by atoms with Crippen LogP contribution in [0.4, 0.5) is 0 Å². The van der Waals surface area contributed by atoms with E-state index >= 15 is 0 Å². The first-order valence-electron chi connectivity index (χ1n) is 3.86. The molecule has 0 spiro atoms. The van der Waals surface area contributed by atoms with Gasteiger partial charge in [-0.05, 0) is 6.92 Å². The minimum atomic E-state index is -1.47. The zero-order valence-electron chi connectivity index (χ0n) is 7.55. The van der Waals surface area contributed by atoms with E-state index in [1.165, 1.54) is 0 Å². The molecule has 1 unspecified atom stereocenters. The van der Waals surface area contributed by atoms with E-state index in [0.717, 1.165) is 0 Å². The Hall–Kier alpha value is -0.353. The first-order chi connectivity index (χ1) is 4.93. The van der Waals surface area contributed by atoms with Gasteiger partial charge in [-0.1, -0.05) is 19.6 Å². The summed E-state index contributed by atoms with van der Waals surface area (Å²) in [5, 5.41) is 0. The minimum Gasteiger partial charge on any atom is -0.349 e. The summed E-state index contributed by atoms with van der Waals surface area (Å²) in [5.74, 6) is 0.157. The molecule has 1 amide bonds. The molecule has 0 saturated carbocycles. The number of rotatable bonds is 1. The maximum Gasteiger partial charge on any atom is 0.245 e. The lowest BCUT2D eigenvalue weighted by molar-refractivity contribution is -0.126. The van der Waals surface area contributed by atoms with Crippen LogP contribution in [0.2, 0.25) is 19.6 Å². The highest BCUT2D eigenvalue weighted by molar-refractivity contribution is 6.75. The predicted molar refractivity (Wildman–Crippen MR) is 45.6 cm³/mol. The average molecular weight is 173 g/mol. The Bertz CT molecular complexity index is 176. The molecule has 1 heterocycles. The molecule has 1 atom stereocenters. The number of nitrogens with zero attached hydrogens (tertiary/aromatic N) is 1. The molecule has 0 radical (unpaired) electrons. The number of hydrogen-bond donors (Lipinski definition) is 0. The molecule has 0 aliphatic carbocycles. The summed E-state index contributed by atoms with van der Waals surface area (Å²) >= 11 is 0. The molecule has 0 aromatic rings. The van der Waals surface area contributed by atoms with E-state index in [1.54, 1.807) is 0 Å². The summed E-state index contributed by atoms with van der Waals surface area (Å²) in [6.07, 6.45) is -0.221. The lowest BCUT2D eigenvalue weighted by Crippen LogP contribution is -2.47. The van der Waals surface area contributed by atoms with Gasteiger partial charge in [0.1, 0.15) is 12.8 Å². The van der Waals surface area contributed by atoms with E-state index in [9.17, 15) is 4.79 Å². The molecule has 3 nitrogen and oxygen atoms in total. The molecular formula is C7H15NO2Si. The van der Waals surface area contributed by atoms with Gasteiger partial charge in [0.25, 0.3) is 0 Å². The lowest BCUT2D eigenvalue weighted by atomic mass is 10.4. The Kier molecular flexibility index (Phi) is 2.07. The van der Waals surface area contributed by atoms with Crippen molar-refractivity contribution in [3.63, 3.8) is 0 Å². The maximum absolute atomic E-state index is 11.4. The molecule has 4 heteroatoms. The zero-order chi connectivity index (χ0) is 8.65. The molecule has 0 N–H and O–H groups in total. The van der Waals surface area contributed by atoms with Crippen LogP contribution in [0.5, 0.6) is 0 Å². The molecule has 1 saturated heterocycles. The van der Waals surface area contributed by atoms with Crippen molar-refractivity contribution < 1.29 is 9.53 Å². The summed E-state index contributed by atoms with van der Waals surface area (Å²) in [6.45, 7) is 8.74. The van der Waals surface area contributed by atoms with E-state index < -0.39 is 8.24 Å². The first kappa shape index (κ1) is 8.74. The highest BCUT2D eigenvalue weighted by Gasteiger charge is 2.36. The fraction of sp³-hybridized carbons (Fsp3) is 0.857. The zero-order valence-corrected chi connectivity index (χ0v) is 8.55. The van der Waals surface area contributed by atoms with E-state index in [4.69, 9.17) is 4.74 Å². The van der Waals surface area contributed by atoms with Gasteiger partial charge in [-0.3, -0.25) is 4.79 Å². The van der Waals surface area contributed by atoms with Crippen molar-refractivity contribution in [2.75, 3.05) is 6.73 Å². The monoisotopic (exact) mass is 173 g/mol. The lowest BCUT2D eigenvalue weighted by Gasteiger charge is -2.27. The van der Waals surface area contributed by atoms with Crippen LogP contribution in [0.15, 0.2) is 0 Å². The second-order valence-corrected chi connectivity index (χ2v) is 8.76. The van der Waals surface area contributed by atoms with Gasteiger partial charge < -0.3 is 9.30 Å². The molecule has 1 aliphatic heterocycles. The van der Waals surface area contributed by atoms with Crippen molar-refractivity contribution in [3.8, 4) is 0 Å². The van der Waals surface area contributed by atoms with Gasteiger partial charge in [-0.2, -0.15) is 0 Å². The standard InChI is InChI=1S/C7H15NO2Si/c1-6-7(9)8(5-10-6)11(2,3)4/h6H,5H2,1-4H3. The summed E-state index contributed by atoms with van der Waals surface area (Å²) in [5.41, 5.74) is 0. The largest absolute Gasteiger partial charge is 0.349 e. The van der Waals surface area contributed by atoms with Gasteiger partial charge in [0, 0.05) is 0 Å². The third kappa shape index (κ3) is 1.62. The van der Waals surface area contributed by atoms with Crippen LogP contribution in [0.25, 0.3) is 0 Å². The summed E-state index contributed by atoms with van der Waals surface area (Å²) in [4.78, 5) is 11.4. The molecule has 64 valence electrons. The van der Waals surface area contributed by atoms with Crippen LogP contribution in [0.1, 0.15) is 6.92 Å². The predicted octanol–water partition coefficient (Wildman–Crippen LogP) is 1.03. The highest BCUT2D eigenvalue weighted by atomic mass is 28.3. The molecule has 1 rings (SSSR count). The smallest absolute Gasteiger partial charge is 0.245 e. The quantitative estimate of drug-likeness (QED) is 0.554. The Balaban J connectivity index is 2.70. The van der Waals surface area contributed by atoms with E-state index in [1.807, 2.05) is 11.5 Å². The first-order valence-corrected chi connectivity index (χ1v) is 7.31. The van der Waals surface area contributed by atoms with Crippen LogP contribution in [-0.2, 0) is 9.53 Å². The van der Waals surface area contributed by atoms with Crippen molar-refractivity contribution in [1.82, 2.24) is 4.57 Å². The van der Waals surface area contributed by atoms with Crippen LogP contribution < -0.4 is 0 Å². The normalized spacial score (nSPS) is 26.4. The number of hydrogen-bond acceptors (Lipinski definition) is 2. The number of amides is 1. The summed E-state index contributed by atoms with van der Waals surface area (Å²) in [7, 11) is -1.47. The third-order valence-electron chi connectivity index (χ3n) is 1.88. The molecule has 0 aromatic heterocycles. The molecule has 1 fully saturated rings. The highest BCUT2D eigenvalue weighted by Crippen LogP contribution is 2.17. The third-order valence-corrected chi connectivity index (χ3v) is 3.85. The molecule has 0 aromatic carbocycles. The van der Waals surface area contributed by atoms with Crippen LogP contribution in [0.3, 0.4) is 0 Å². The molecule has 0 bridgehead atoms. The number of carbonyl (C=O) groups is 1. The van der Waals surface area contributed by atoms with E-state index in [2.05, 4.69) is 19.6 Å². The molecular weight excluding hydrogens is 158 g/mol. The average Bonchev–Trinajstić information content (AvgIpc) is 2.11. The van der Waals surface area contributed by atoms with Crippen molar-refractivity contribution in [3.05, 3.63) is 0 Å². The van der Waals surface area contributed by atoms with E-state index in [0.29, 0.717) is 6.73 Å². The molecule has 1 aliphatic rings. The SMILES string of the molecule is CC1OCN([Si](C)(C)C)C1=O.